The first-order valence-electron chi connectivity index (χ1n) is 9.57. The fourth-order valence-electron chi connectivity index (χ4n) is 3.66. The molecule has 5 rings (SSSR count). The summed E-state index contributed by atoms with van der Waals surface area (Å²) < 4.78 is 19.8. The molecular formula is C23H18Cl2FN3OS. The second-order valence-electron chi connectivity index (χ2n) is 6.99. The summed E-state index contributed by atoms with van der Waals surface area (Å²) in [6, 6.07) is 14.5. The van der Waals surface area contributed by atoms with E-state index in [1.165, 1.54) is 17.5 Å². The van der Waals surface area contributed by atoms with Crippen molar-refractivity contribution in [2.75, 3.05) is 11.4 Å². The molecule has 0 saturated heterocycles. The van der Waals surface area contributed by atoms with E-state index in [1.807, 2.05) is 24.3 Å². The number of thiophene rings is 1. The summed E-state index contributed by atoms with van der Waals surface area (Å²) in [7, 11) is 0. The quantitative estimate of drug-likeness (QED) is 0.257. The third kappa shape index (κ3) is 4.37. The average molecular weight is 474 g/mol. The molecule has 3 aromatic heterocycles. The topological polar surface area (TPSA) is 42.2 Å². The Balaban J connectivity index is 0.00000231. The molecule has 0 saturated carbocycles. The van der Waals surface area contributed by atoms with Gasteiger partial charge in [0.2, 0.25) is 0 Å². The summed E-state index contributed by atoms with van der Waals surface area (Å²) in [5.74, 6) is -0.321. The Morgan fingerprint density at radius 1 is 1.03 bits per heavy atom. The van der Waals surface area contributed by atoms with Crippen LogP contribution in [0.4, 0.5) is 15.8 Å². The van der Waals surface area contributed by atoms with Gasteiger partial charge in [-0.3, -0.25) is 4.98 Å². The van der Waals surface area contributed by atoms with Crippen LogP contribution >= 0.6 is 35.3 Å². The van der Waals surface area contributed by atoms with Crippen LogP contribution < -0.4 is 4.90 Å². The van der Waals surface area contributed by atoms with E-state index in [0.29, 0.717) is 5.58 Å². The summed E-state index contributed by atoms with van der Waals surface area (Å²) in [5.41, 5.74) is 3.55. The van der Waals surface area contributed by atoms with Gasteiger partial charge in [0.05, 0.1) is 11.4 Å². The van der Waals surface area contributed by atoms with Gasteiger partial charge in [-0.05, 0) is 55.3 Å². The third-order valence-electron chi connectivity index (χ3n) is 5.09. The van der Waals surface area contributed by atoms with E-state index in [2.05, 4.69) is 26.5 Å². The zero-order valence-electron chi connectivity index (χ0n) is 16.3. The van der Waals surface area contributed by atoms with Crippen molar-refractivity contribution in [1.82, 2.24) is 10.1 Å². The van der Waals surface area contributed by atoms with Crippen molar-refractivity contribution in [3.63, 3.8) is 0 Å². The molecule has 0 N–H and O–H groups in total. The molecule has 0 unspecified atom stereocenters. The zero-order chi connectivity index (χ0) is 20.5. The van der Waals surface area contributed by atoms with Crippen LogP contribution in [-0.4, -0.2) is 16.7 Å². The highest BCUT2D eigenvalue weighted by Gasteiger charge is 2.16. The molecule has 2 aromatic carbocycles. The predicted octanol–water partition coefficient (Wildman–Crippen LogP) is 7.42. The summed E-state index contributed by atoms with van der Waals surface area (Å²) in [6.45, 7) is 0.786. The minimum Gasteiger partial charge on any atom is -0.356 e. The lowest BCUT2D eigenvalue weighted by Crippen LogP contribution is -2.18. The summed E-state index contributed by atoms with van der Waals surface area (Å²) in [6.07, 6.45) is 5.18. The van der Waals surface area contributed by atoms with E-state index in [9.17, 15) is 4.39 Å². The molecule has 4 nitrogen and oxygen atoms in total. The highest BCUT2D eigenvalue weighted by molar-refractivity contribution is 7.17. The Hall–Kier alpha value is -2.67. The fraction of sp³-hybridized carbons (Fsp3) is 0.130. The van der Waals surface area contributed by atoms with E-state index in [4.69, 9.17) is 16.1 Å². The number of aryl methyl sites for hydroxylation is 1. The minimum absolute atomic E-state index is 0. The van der Waals surface area contributed by atoms with Crippen molar-refractivity contribution in [3.05, 3.63) is 82.8 Å². The molecule has 0 aliphatic rings. The minimum atomic E-state index is -0.321. The smallest absolute Gasteiger partial charge is 0.170 e. The van der Waals surface area contributed by atoms with Crippen LogP contribution in [0, 0.1) is 5.82 Å². The van der Waals surface area contributed by atoms with Crippen LogP contribution in [0.3, 0.4) is 0 Å². The molecule has 5 aromatic rings. The monoisotopic (exact) mass is 473 g/mol. The Labute approximate surface area is 193 Å². The molecule has 31 heavy (non-hydrogen) atoms. The predicted molar refractivity (Wildman–Crippen MR) is 128 cm³/mol. The maximum absolute atomic E-state index is 13.4. The number of anilines is 2. The second kappa shape index (κ2) is 9.22. The van der Waals surface area contributed by atoms with Gasteiger partial charge in [-0.2, -0.15) is 0 Å². The van der Waals surface area contributed by atoms with Crippen molar-refractivity contribution in [2.24, 2.45) is 0 Å². The molecule has 0 fully saturated rings. The molecule has 0 aliphatic carbocycles. The first-order valence-corrected chi connectivity index (χ1v) is 10.8. The SMILES string of the molecule is Cl.Fc1ccc2c(CCCN(c3ccncc3)c3csc4cc(Cl)ccc34)noc2c1. The first kappa shape index (κ1) is 21.6. The Morgan fingerprint density at radius 2 is 1.84 bits per heavy atom. The van der Waals surface area contributed by atoms with E-state index in [0.717, 1.165) is 51.6 Å². The van der Waals surface area contributed by atoms with Crippen LogP contribution in [0.1, 0.15) is 12.1 Å². The maximum atomic E-state index is 13.4. The number of rotatable bonds is 6. The van der Waals surface area contributed by atoms with Gasteiger partial charge in [0.25, 0.3) is 0 Å². The summed E-state index contributed by atoms with van der Waals surface area (Å²) >= 11 is 7.85. The number of aromatic nitrogens is 2. The lowest BCUT2D eigenvalue weighted by atomic mass is 10.1. The van der Waals surface area contributed by atoms with Gasteiger partial charge in [-0.1, -0.05) is 16.8 Å². The lowest BCUT2D eigenvalue weighted by molar-refractivity contribution is 0.443. The second-order valence-corrected chi connectivity index (χ2v) is 8.34. The Bertz CT molecular complexity index is 1320. The maximum Gasteiger partial charge on any atom is 0.170 e. The van der Waals surface area contributed by atoms with Gasteiger partial charge < -0.3 is 9.42 Å². The van der Waals surface area contributed by atoms with Crippen molar-refractivity contribution in [2.45, 2.75) is 12.8 Å². The number of hydrogen-bond donors (Lipinski definition) is 0. The molecule has 0 spiro atoms. The Kier molecular flexibility index (Phi) is 6.41. The van der Waals surface area contributed by atoms with Gasteiger partial charge in [0.1, 0.15) is 5.82 Å². The van der Waals surface area contributed by atoms with Crippen LogP contribution in [0.25, 0.3) is 21.1 Å². The molecule has 0 bridgehead atoms. The number of halogens is 3. The number of benzene rings is 2. The lowest BCUT2D eigenvalue weighted by Gasteiger charge is -2.24. The third-order valence-corrected chi connectivity index (χ3v) is 6.25. The molecule has 0 amide bonds. The van der Waals surface area contributed by atoms with Crippen molar-refractivity contribution in [3.8, 4) is 0 Å². The van der Waals surface area contributed by atoms with Crippen LogP contribution in [-0.2, 0) is 6.42 Å². The van der Waals surface area contributed by atoms with Crippen LogP contribution in [0.5, 0.6) is 0 Å². The molecule has 3 heterocycles. The molecule has 8 heteroatoms. The number of fused-ring (bicyclic) bond motifs is 2. The van der Waals surface area contributed by atoms with Crippen molar-refractivity contribution >= 4 is 67.8 Å². The molecule has 0 aliphatic heterocycles. The summed E-state index contributed by atoms with van der Waals surface area (Å²) in [5, 5.41) is 9.08. The van der Waals surface area contributed by atoms with Crippen LogP contribution in [0.15, 0.2) is 70.8 Å². The molecular weight excluding hydrogens is 456 g/mol. The van der Waals surface area contributed by atoms with Gasteiger partial charge in [0, 0.05) is 56.6 Å². The van der Waals surface area contributed by atoms with Gasteiger partial charge in [-0.25, -0.2) is 4.39 Å². The Morgan fingerprint density at radius 3 is 2.68 bits per heavy atom. The summed E-state index contributed by atoms with van der Waals surface area (Å²) in [4.78, 5) is 6.44. The highest BCUT2D eigenvalue weighted by Crippen LogP contribution is 2.38. The van der Waals surface area contributed by atoms with Crippen LogP contribution in [0.2, 0.25) is 5.02 Å². The largest absolute Gasteiger partial charge is 0.356 e. The van der Waals surface area contributed by atoms with E-state index in [1.54, 1.807) is 29.8 Å². The molecule has 158 valence electrons. The molecule has 0 radical (unpaired) electrons. The van der Waals surface area contributed by atoms with Gasteiger partial charge in [-0.15, -0.1) is 23.7 Å². The standard InChI is InChI=1S/C23H17ClFN3OS.ClH/c24-15-3-5-19-21(14-30-23(19)12-15)28(17-7-9-26-10-8-17)11-1-2-20-18-6-4-16(25)13-22(18)29-27-20;/h3-10,12-14H,1-2,11H2;1H. The highest BCUT2D eigenvalue weighted by atomic mass is 35.5. The van der Waals surface area contributed by atoms with Gasteiger partial charge in [0.15, 0.2) is 5.58 Å². The van der Waals surface area contributed by atoms with E-state index < -0.39 is 0 Å². The van der Waals surface area contributed by atoms with E-state index in [-0.39, 0.29) is 18.2 Å². The normalized spacial score (nSPS) is 11.0. The van der Waals surface area contributed by atoms with E-state index >= 15 is 0 Å². The number of hydrogen-bond acceptors (Lipinski definition) is 5. The fourth-order valence-corrected chi connectivity index (χ4v) is 4.88. The van der Waals surface area contributed by atoms with Crippen molar-refractivity contribution in [1.29, 1.82) is 0 Å². The number of nitrogens with zero attached hydrogens (tertiary/aromatic N) is 3. The first-order chi connectivity index (χ1) is 14.7. The van der Waals surface area contributed by atoms with Gasteiger partial charge >= 0.3 is 0 Å². The average Bonchev–Trinajstić information content (AvgIpc) is 3.35. The number of pyridine rings is 1. The zero-order valence-corrected chi connectivity index (χ0v) is 18.7. The molecule has 0 atom stereocenters. The van der Waals surface area contributed by atoms with Crippen molar-refractivity contribution < 1.29 is 8.91 Å².